The monoisotopic (exact) mass is 352 g/mol. The van der Waals surface area contributed by atoms with Crippen molar-refractivity contribution in [2.24, 2.45) is 0 Å². The number of phenolic OH excluding ortho intramolecular Hbond substituents is 1. The van der Waals surface area contributed by atoms with Crippen molar-refractivity contribution < 1.29 is 5.11 Å². The zero-order valence-electron chi connectivity index (χ0n) is 14.2. The largest absolute Gasteiger partial charge is 0.507 e. The number of phenols is 1. The van der Waals surface area contributed by atoms with E-state index in [0.29, 0.717) is 17.8 Å². The van der Waals surface area contributed by atoms with Crippen molar-refractivity contribution in [1.82, 2.24) is 24.6 Å². The predicted octanol–water partition coefficient (Wildman–Crippen LogP) is 1.31. The number of anilines is 1. The SMILES string of the molecule is Nc1nc(-c2cc(-n3cccn3)ccc2O)cn(C2CCCNC2)c1=O. The van der Waals surface area contributed by atoms with Gasteiger partial charge in [-0.1, -0.05) is 0 Å². The van der Waals surface area contributed by atoms with Crippen LogP contribution in [0.1, 0.15) is 18.9 Å². The molecule has 1 unspecified atom stereocenters. The fraction of sp³-hybridized carbons (Fsp3) is 0.278. The zero-order valence-corrected chi connectivity index (χ0v) is 14.2. The maximum Gasteiger partial charge on any atom is 0.293 e. The van der Waals surface area contributed by atoms with Gasteiger partial charge in [0.05, 0.1) is 11.4 Å². The van der Waals surface area contributed by atoms with Crippen molar-refractivity contribution >= 4 is 5.82 Å². The minimum Gasteiger partial charge on any atom is -0.507 e. The van der Waals surface area contributed by atoms with Gasteiger partial charge < -0.3 is 20.7 Å². The van der Waals surface area contributed by atoms with Crippen LogP contribution < -0.4 is 16.6 Å². The summed E-state index contributed by atoms with van der Waals surface area (Å²) >= 11 is 0. The summed E-state index contributed by atoms with van der Waals surface area (Å²) in [5.41, 5.74) is 7.32. The number of benzene rings is 1. The molecular formula is C18H20N6O2. The molecule has 0 saturated carbocycles. The van der Waals surface area contributed by atoms with Gasteiger partial charge in [0.15, 0.2) is 5.82 Å². The van der Waals surface area contributed by atoms with Crippen molar-refractivity contribution in [3.63, 3.8) is 0 Å². The summed E-state index contributed by atoms with van der Waals surface area (Å²) in [6.45, 7) is 1.66. The van der Waals surface area contributed by atoms with E-state index < -0.39 is 0 Å². The maximum atomic E-state index is 12.5. The zero-order chi connectivity index (χ0) is 18.1. The Kier molecular flexibility index (Phi) is 4.18. The smallest absolute Gasteiger partial charge is 0.293 e. The normalized spacial score (nSPS) is 17.3. The van der Waals surface area contributed by atoms with Crippen LogP contribution in [0.4, 0.5) is 5.82 Å². The molecule has 1 saturated heterocycles. The van der Waals surface area contributed by atoms with Crippen LogP contribution in [0.15, 0.2) is 47.7 Å². The van der Waals surface area contributed by atoms with Gasteiger partial charge in [0, 0.05) is 36.7 Å². The average Bonchev–Trinajstić information content (AvgIpc) is 3.20. The van der Waals surface area contributed by atoms with Gasteiger partial charge in [-0.15, -0.1) is 0 Å². The highest BCUT2D eigenvalue weighted by Gasteiger charge is 2.19. The molecule has 0 spiro atoms. The molecule has 8 heteroatoms. The first-order valence-electron chi connectivity index (χ1n) is 8.56. The van der Waals surface area contributed by atoms with Crippen molar-refractivity contribution in [3.05, 3.63) is 53.2 Å². The van der Waals surface area contributed by atoms with Crippen LogP contribution >= 0.6 is 0 Å². The molecule has 0 bridgehead atoms. The summed E-state index contributed by atoms with van der Waals surface area (Å²) in [6.07, 6.45) is 7.06. The van der Waals surface area contributed by atoms with E-state index in [2.05, 4.69) is 15.4 Å². The highest BCUT2D eigenvalue weighted by atomic mass is 16.3. The van der Waals surface area contributed by atoms with Crippen LogP contribution in [-0.2, 0) is 0 Å². The van der Waals surface area contributed by atoms with Gasteiger partial charge in [0.25, 0.3) is 5.56 Å². The van der Waals surface area contributed by atoms with Gasteiger partial charge in [-0.05, 0) is 43.7 Å². The minimum atomic E-state index is -0.301. The molecule has 3 aromatic rings. The molecule has 26 heavy (non-hydrogen) atoms. The molecule has 1 fully saturated rings. The number of nitrogens with one attached hydrogen (secondary N) is 1. The molecule has 4 rings (SSSR count). The highest BCUT2D eigenvalue weighted by Crippen LogP contribution is 2.30. The lowest BCUT2D eigenvalue weighted by Crippen LogP contribution is -2.37. The van der Waals surface area contributed by atoms with Gasteiger partial charge >= 0.3 is 0 Å². The van der Waals surface area contributed by atoms with Gasteiger partial charge in [-0.3, -0.25) is 4.79 Å². The van der Waals surface area contributed by atoms with Gasteiger partial charge in [0.2, 0.25) is 0 Å². The molecule has 0 radical (unpaired) electrons. The molecule has 134 valence electrons. The van der Waals surface area contributed by atoms with Crippen molar-refractivity contribution in [1.29, 1.82) is 0 Å². The Balaban J connectivity index is 1.82. The minimum absolute atomic E-state index is 0.0248. The molecule has 1 atom stereocenters. The number of nitrogens with zero attached hydrogens (tertiary/aromatic N) is 4. The third-order valence-corrected chi connectivity index (χ3v) is 4.65. The number of aromatic hydroxyl groups is 1. The van der Waals surface area contributed by atoms with Crippen LogP contribution in [0, 0.1) is 0 Å². The second-order valence-electron chi connectivity index (χ2n) is 6.38. The van der Waals surface area contributed by atoms with E-state index in [4.69, 9.17) is 5.73 Å². The summed E-state index contributed by atoms with van der Waals surface area (Å²) < 4.78 is 3.32. The van der Waals surface area contributed by atoms with Crippen molar-refractivity contribution in [2.75, 3.05) is 18.8 Å². The highest BCUT2D eigenvalue weighted by molar-refractivity contribution is 5.69. The Morgan fingerprint density at radius 2 is 2.23 bits per heavy atom. The summed E-state index contributed by atoms with van der Waals surface area (Å²) in [5, 5.41) is 17.8. The Morgan fingerprint density at radius 3 is 2.96 bits per heavy atom. The van der Waals surface area contributed by atoms with E-state index in [-0.39, 0.29) is 23.2 Å². The number of aromatic nitrogens is 4. The first-order chi connectivity index (χ1) is 12.6. The standard InChI is InChI=1S/C18H20N6O2/c19-17-18(26)23(13-3-1-6-20-10-13)11-15(22-17)14-9-12(4-5-16(14)25)24-8-2-7-21-24/h2,4-5,7-9,11,13,20,25H,1,3,6,10H2,(H2,19,22). The predicted molar refractivity (Wildman–Crippen MR) is 98.3 cm³/mol. The van der Waals surface area contributed by atoms with Crippen LogP contribution in [-0.4, -0.2) is 37.5 Å². The van der Waals surface area contributed by atoms with Gasteiger partial charge in [-0.25, -0.2) is 9.67 Å². The van der Waals surface area contributed by atoms with Crippen LogP contribution in [0.2, 0.25) is 0 Å². The third-order valence-electron chi connectivity index (χ3n) is 4.65. The van der Waals surface area contributed by atoms with Gasteiger partial charge in [-0.2, -0.15) is 5.10 Å². The Labute approximate surface area is 149 Å². The summed E-state index contributed by atoms with van der Waals surface area (Å²) in [7, 11) is 0. The quantitative estimate of drug-likeness (QED) is 0.655. The second kappa shape index (κ2) is 6.64. The molecule has 8 nitrogen and oxygen atoms in total. The molecule has 4 N–H and O–H groups in total. The van der Waals surface area contributed by atoms with E-state index >= 15 is 0 Å². The van der Waals surface area contributed by atoms with E-state index in [1.54, 1.807) is 39.8 Å². The molecule has 1 aliphatic heterocycles. The van der Waals surface area contributed by atoms with Crippen LogP contribution in [0.25, 0.3) is 16.9 Å². The lowest BCUT2D eigenvalue weighted by atomic mass is 10.1. The molecule has 3 heterocycles. The number of rotatable bonds is 3. The average molecular weight is 352 g/mol. The molecular weight excluding hydrogens is 332 g/mol. The maximum absolute atomic E-state index is 12.5. The van der Waals surface area contributed by atoms with Crippen LogP contribution in [0.3, 0.4) is 0 Å². The second-order valence-corrected chi connectivity index (χ2v) is 6.38. The Hall–Kier alpha value is -3.13. The Bertz CT molecular complexity index is 974. The van der Waals surface area contributed by atoms with Crippen molar-refractivity contribution in [3.8, 4) is 22.7 Å². The number of hydrogen-bond acceptors (Lipinski definition) is 6. The summed E-state index contributed by atoms with van der Waals surface area (Å²) in [5.74, 6) is -0.00302. The summed E-state index contributed by atoms with van der Waals surface area (Å²) in [4.78, 5) is 16.7. The first kappa shape index (κ1) is 16.3. The topological polar surface area (TPSA) is 111 Å². The van der Waals surface area contributed by atoms with E-state index in [9.17, 15) is 9.90 Å². The number of hydrogen-bond donors (Lipinski definition) is 3. The lowest BCUT2D eigenvalue weighted by Gasteiger charge is -2.25. The first-order valence-corrected chi connectivity index (χ1v) is 8.56. The molecule has 1 aromatic carbocycles. The van der Waals surface area contributed by atoms with Crippen molar-refractivity contribution in [2.45, 2.75) is 18.9 Å². The third kappa shape index (κ3) is 2.95. The van der Waals surface area contributed by atoms with Crippen LogP contribution in [0.5, 0.6) is 5.75 Å². The number of piperidine rings is 1. The fourth-order valence-corrected chi connectivity index (χ4v) is 3.29. The number of nitrogens with two attached hydrogens (primary N) is 1. The van der Waals surface area contributed by atoms with E-state index in [1.165, 1.54) is 0 Å². The number of nitrogen functional groups attached to an aromatic ring is 1. The molecule has 1 aliphatic rings. The molecule has 0 aliphatic carbocycles. The van der Waals surface area contributed by atoms with E-state index in [0.717, 1.165) is 25.1 Å². The summed E-state index contributed by atoms with van der Waals surface area (Å²) in [6, 6.07) is 6.96. The fourth-order valence-electron chi connectivity index (χ4n) is 3.29. The lowest BCUT2D eigenvalue weighted by molar-refractivity contribution is 0.364. The van der Waals surface area contributed by atoms with E-state index in [1.807, 2.05) is 12.3 Å². The Morgan fingerprint density at radius 1 is 1.35 bits per heavy atom. The molecule has 0 amide bonds. The van der Waals surface area contributed by atoms with Gasteiger partial charge in [0.1, 0.15) is 5.75 Å². The molecule has 2 aromatic heterocycles.